The molecule has 1 saturated heterocycles. The monoisotopic (exact) mass is 533 g/mol. The van der Waals surface area contributed by atoms with E-state index in [1.807, 2.05) is 13.0 Å². The normalized spacial score (nSPS) is 14.6. The van der Waals surface area contributed by atoms with E-state index in [0.717, 1.165) is 22.9 Å². The summed E-state index contributed by atoms with van der Waals surface area (Å²) in [5.41, 5.74) is 1.63. The Labute approximate surface area is 221 Å². The molecule has 7 nitrogen and oxygen atoms in total. The summed E-state index contributed by atoms with van der Waals surface area (Å²) in [6, 6.07) is 16.4. The van der Waals surface area contributed by atoms with Crippen LogP contribution in [0.25, 0.3) is 11.7 Å². The molecule has 0 aliphatic carbocycles. The largest absolute Gasteiger partial charge is 0.493 e. The number of thiocarbonyl (C=S) groups is 1. The van der Waals surface area contributed by atoms with Crippen LogP contribution in [0, 0.1) is 12.7 Å². The van der Waals surface area contributed by atoms with Gasteiger partial charge in [-0.15, -0.1) is 0 Å². The topological polar surface area (TPSA) is 73.1 Å². The quantitative estimate of drug-likeness (QED) is 0.245. The van der Waals surface area contributed by atoms with Crippen LogP contribution >= 0.6 is 24.0 Å². The number of thioether (sulfide) groups is 1. The molecule has 0 bridgehead atoms. The number of halogens is 1. The van der Waals surface area contributed by atoms with Crippen LogP contribution in [0.1, 0.15) is 16.7 Å². The SMILES string of the molecule is COc1ccccc1Oc1nc2c(C)cccn2c(=O)c1/C=C1/SC(=S)N(Cc2ccc(F)cc2)C1=O. The Morgan fingerprint density at radius 2 is 1.78 bits per heavy atom. The Kier molecular flexibility index (Phi) is 6.77. The Morgan fingerprint density at radius 1 is 1.05 bits per heavy atom. The molecular formula is C27H20FN3O4S2. The van der Waals surface area contributed by atoms with E-state index in [1.165, 1.54) is 34.6 Å². The van der Waals surface area contributed by atoms with Gasteiger partial charge in [-0.05, 0) is 54.5 Å². The highest BCUT2D eigenvalue weighted by atomic mass is 32.2. The van der Waals surface area contributed by atoms with Crippen LogP contribution in [0.3, 0.4) is 0 Å². The summed E-state index contributed by atoms with van der Waals surface area (Å²) in [6.45, 7) is 2.02. The van der Waals surface area contributed by atoms with Gasteiger partial charge in [-0.2, -0.15) is 4.98 Å². The van der Waals surface area contributed by atoms with Crippen LogP contribution in [0.2, 0.25) is 0 Å². The molecule has 1 amide bonds. The first-order valence-corrected chi connectivity index (χ1v) is 12.4. The molecule has 0 unspecified atom stereocenters. The van der Waals surface area contributed by atoms with Gasteiger partial charge in [0.25, 0.3) is 11.5 Å². The summed E-state index contributed by atoms with van der Waals surface area (Å²) in [5, 5.41) is 0. The van der Waals surface area contributed by atoms with Gasteiger partial charge in [0.2, 0.25) is 5.88 Å². The van der Waals surface area contributed by atoms with Crippen molar-refractivity contribution in [2.24, 2.45) is 0 Å². The molecule has 0 atom stereocenters. The van der Waals surface area contributed by atoms with Gasteiger partial charge in [0.15, 0.2) is 11.5 Å². The number of carbonyl (C=O) groups is 1. The van der Waals surface area contributed by atoms with E-state index >= 15 is 0 Å². The van der Waals surface area contributed by atoms with Crippen LogP contribution in [0.15, 0.2) is 76.6 Å². The van der Waals surface area contributed by atoms with Gasteiger partial charge < -0.3 is 9.47 Å². The maximum atomic E-state index is 13.6. The molecule has 2 aromatic carbocycles. The van der Waals surface area contributed by atoms with E-state index in [0.29, 0.717) is 21.5 Å². The molecule has 1 aliphatic heterocycles. The first-order valence-electron chi connectivity index (χ1n) is 11.2. The van der Waals surface area contributed by atoms with Gasteiger partial charge in [-0.25, -0.2) is 4.39 Å². The van der Waals surface area contributed by atoms with Crippen molar-refractivity contribution < 1.29 is 18.7 Å². The molecule has 0 spiro atoms. The second-order valence-electron chi connectivity index (χ2n) is 8.17. The van der Waals surface area contributed by atoms with Crippen LogP contribution in [0.5, 0.6) is 17.4 Å². The standard InChI is InChI=1S/C27H20FN3O4S2/c1-16-6-5-13-30-23(16)29-24(35-21-8-4-3-7-20(21)34-2)19(25(30)32)14-22-26(33)31(27(36)37-22)15-17-9-11-18(28)12-10-17/h3-14H,15H2,1-2H3/b22-14+. The van der Waals surface area contributed by atoms with Crippen LogP contribution in [-0.2, 0) is 11.3 Å². The number of aryl methyl sites for hydroxylation is 1. The molecule has 37 heavy (non-hydrogen) atoms. The van der Waals surface area contributed by atoms with E-state index in [1.54, 1.807) is 48.7 Å². The summed E-state index contributed by atoms with van der Waals surface area (Å²) >= 11 is 6.52. The van der Waals surface area contributed by atoms with Gasteiger partial charge in [-0.1, -0.05) is 54.3 Å². The average molecular weight is 534 g/mol. The maximum Gasteiger partial charge on any atom is 0.269 e. The number of amides is 1. The highest BCUT2D eigenvalue weighted by molar-refractivity contribution is 8.26. The smallest absolute Gasteiger partial charge is 0.269 e. The zero-order valence-corrected chi connectivity index (χ0v) is 21.4. The third-order valence-electron chi connectivity index (χ3n) is 5.73. The molecule has 4 aromatic rings. The van der Waals surface area contributed by atoms with Crippen molar-refractivity contribution in [1.82, 2.24) is 14.3 Å². The molecule has 10 heteroatoms. The fourth-order valence-electron chi connectivity index (χ4n) is 3.84. The first kappa shape index (κ1) is 24.7. The number of rotatable bonds is 6. The van der Waals surface area contributed by atoms with E-state index < -0.39 is 5.56 Å². The van der Waals surface area contributed by atoms with Crippen LogP contribution in [-0.4, -0.2) is 31.6 Å². The third-order valence-corrected chi connectivity index (χ3v) is 7.11. The Bertz CT molecular complexity index is 1630. The third kappa shape index (κ3) is 4.85. The van der Waals surface area contributed by atoms with Crippen LogP contribution in [0.4, 0.5) is 4.39 Å². The minimum absolute atomic E-state index is 0.0348. The number of methoxy groups -OCH3 is 1. The van der Waals surface area contributed by atoms with Crippen molar-refractivity contribution in [2.45, 2.75) is 13.5 Å². The number of aromatic nitrogens is 2. The van der Waals surface area contributed by atoms with Crippen molar-refractivity contribution >= 4 is 45.9 Å². The van der Waals surface area contributed by atoms with E-state index in [-0.39, 0.29) is 34.6 Å². The summed E-state index contributed by atoms with van der Waals surface area (Å²) in [6.07, 6.45) is 3.07. The van der Waals surface area contributed by atoms with Crippen molar-refractivity contribution in [3.05, 3.63) is 105 Å². The number of hydrogen-bond acceptors (Lipinski definition) is 7. The summed E-state index contributed by atoms with van der Waals surface area (Å²) in [4.78, 5) is 33.2. The molecule has 186 valence electrons. The van der Waals surface area contributed by atoms with Gasteiger partial charge in [0.1, 0.15) is 21.3 Å². The zero-order valence-electron chi connectivity index (χ0n) is 19.8. The molecule has 1 fully saturated rings. The summed E-state index contributed by atoms with van der Waals surface area (Å²) in [7, 11) is 1.52. The predicted octanol–water partition coefficient (Wildman–Crippen LogP) is 5.34. The van der Waals surface area contributed by atoms with Gasteiger partial charge in [-0.3, -0.25) is 18.9 Å². The number of ether oxygens (including phenoxy) is 2. The van der Waals surface area contributed by atoms with E-state index in [4.69, 9.17) is 21.7 Å². The Balaban J connectivity index is 1.59. The molecule has 5 rings (SSSR count). The molecule has 1 aliphatic rings. The minimum Gasteiger partial charge on any atom is -0.493 e. The van der Waals surface area contributed by atoms with Crippen LogP contribution < -0.4 is 15.0 Å². The highest BCUT2D eigenvalue weighted by Crippen LogP contribution is 2.36. The maximum absolute atomic E-state index is 13.6. The predicted molar refractivity (Wildman–Crippen MR) is 144 cm³/mol. The molecule has 2 aromatic heterocycles. The summed E-state index contributed by atoms with van der Waals surface area (Å²) < 4.78 is 26.5. The molecular weight excluding hydrogens is 513 g/mol. The van der Waals surface area contributed by atoms with Crippen molar-refractivity contribution in [3.8, 4) is 17.4 Å². The highest BCUT2D eigenvalue weighted by Gasteiger charge is 2.33. The summed E-state index contributed by atoms with van der Waals surface area (Å²) in [5.74, 6) is 0.138. The van der Waals surface area contributed by atoms with E-state index in [2.05, 4.69) is 4.98 Å². The number of benzene rings is 2. The van der Waals surface area contributed by atoms with E-state index in [9.17, 15) is 14.0 Å². The minimum atomic E-state index is -0.401. The number of hydrogen-bond donors (Lipinski definition) is 0. The second kappa shape index (κ2) is 10.2. The number of nitrogens with zero attached hydrogens (tertiary/aromatic N) is 3. The lowest BCUT2D eigenvalue weighted by atomic mass is 10.2. The second-order valence-corrected chi connectivity index (χ2v) is 9.84. The lowest BCUT2D eigenvalue weighted by Crippen LogP contribution is -2.27. The number of para-hydroxylation sites is 2. The lowest BCUT2D eigenvalue weighted by Gasteiger charge is -2.14. The molecule has 3 heterocycles. The molecule has 0 radical (unpaired) electrons. The zero-order chi connectivity index (χ0) is 26.1. The first-order chi connectivity index (χ1) is 17.9. The van der Waals surface area contributed by atoms with Gasteiger partial charge in [0.05, 0.1) is 18.6 Å². The fraction of sp³-hybridized carbons (Fsp3) is 0.111. The fourth-order valence-corrected chi connectivity index (χ4v) is 5.08. The van der Waals surface area contributed by atoms with Gasteiger partial charge in [0, 0.05) is 6.20 Å². The Hall–Kier alpha value is -4.02. The lowest BCUT2D eigenvalue weighted by molar-refractivity contribution is -0.122. The van der Waals surface area contributed by atoms with Crippen molar-refractivity contribution in [3.63, 3.8) is 0 Å². The average Bonchev–Trinajstić information content (AvgIpc) is 3.15. The number of fused-ring (bicyclic) bond motifs is 1. The van der Waals surface area contributed by atoms with Gasteiger partial charge >= 0.3 is 0 Å². The Morgan fingerprint density at radius 3 is 2.51 bits per heavy atom. The number of carbonyl (C=O) groups excluding carboxylic acids is 1. The molecule has 0 N–H and O–H groups in total. The van der Waals surface area contributed by atoms with Crippen molar-refractivity contribution in [1.29, 1.82) is 0 Å². The molecule has 0 saturated carbocycles. The van der Waals surface area contributed by atoms with Crippen molar-refractivity contribution in [2.75, 3.05) is 7.11 Å². The number of pyridine rings is 1.